The van der Waals surface area contributed by atoms with Crippen LogP contribution in [0.5, 0.6) is 0 Å². The fraction of sp³-hybridized carbons (Fsp3) is 0.909. The molecule has 82 valence electrons. The monoisotopic (exact) mass is 200 g/mol. The van der Waals surface area contributed by atoms with E-state index in [1.807, 2.05) is 6.92 Å². The van der Waals surface area contributed by atoms with Crippen LogP contribution in [0.25, 0.3) is 0 Å². The molecular weight excluding hydrogens is 180 g/mol. The van der Waals surface area contributed by atoms with Gasteiger partial charge in [-0.1, -0.05) is 12.8 Å². The Morgan fingerprint density at radius 3 is 2.93 bits per heavy atom. The molecule has 0 aliphatic heterocycles. The quantitative estimate of drug-likeness (QED) is 0.705. The summed E-state index contributed by atoms with van der Waals surface area (Å²) < 4.78 is 4.86. The summed E-state index contributed by atoms with van der Waals surface area (Å²) in [4.78, 5) is 11.1. The minimum atomic E-state index is -0.143. The fourth-order valence-corrected chi connectivity index (χ4v) is 2.08. The van der Waals surface area contributed by atoms with Gasteiger partial charge in [0.2, 0.25) is 0 Å². The van der Waals surface area contributed by atoms with Gasteiger partial charge in [-0.3, -0.25) is 4.79 Å². The lowest BCUT2D eigenvalue weighted by Gasteiger charge is -2.25. The Kier molecular flexibility index (Phi) is 4.94. The van der Waals surface area contributed by atoms with Gasteiger partial charge in [-0.05, 0) is 32.1 Å². The molecule has 0 aromatic heterocycles. The number of carbonyl (C=O) groups excluding carboxylic acids is 1. The Labute approximate surface area is 85.5 Å². The van der Waals surface area contributed by atoms with Crippen LogP contribution in [0.3, 0.4) is 0 Å². The van der Waals surface area contributed by atoms with Gasteiger partial charge in [0.05, 0.1) is 12.7 Å². The van der Waals surface area contributed by atoms with Crippen LogP contribution in [0, 0.1) is 5.92 Å². The second-order valence-corrected chi connectivity index (χ2v) is 4.03. The summed E-state index contributed by atoms with van der Waals surface area (Å²) >= 11 is 0. The van der Waals surface area contributed by atoms with E-state index in [1.165, 1.54) is 0 Å². The zero-order valence-corrected chi connectivity index (χ0v) is 8.87. The minimum Gasteiger partial charge on any atom is -0.466 e. The van der Waals surface area contributed by atoms with E-state index < -0.39 is 0 Å². The number of aliphatic hydroxyl groups is 1. The van der Waals surface area contributed by atoms with E-state index in [0.717, 1.165) is 32.1 Å². The van der Waals surface area contributed by atoms with E-state index in [1.54, 1.807) is 0 Å². The first kappa shape index (κ1) is 11.5. The molecule has 1 rings (SSSR count). The summed E-state index contributed by atoms with van der Waals surface area (Å²) in [5.41, 5.74) is 0. The van der Waals surface area contributed by atoms with Crippen LogP contribution >= 0.6 is 0 Å². The van der Waals surface area contributed by atoms with Crippen molar-refractivity contribution in [2.75, 3.05) is 6.61 Å². The van der Waals surface area contributed by atoms with Crippen molar-refractivity contribution >= 4 is 5.97 Å². The molecule has 0 amide bonds. The molecule has 0 aromatic carbocycles. The van der Waals surface area contributed by atoms with Gasteiger partial charge in [0.1, 0.15) is 0 Å². The van der Waals surface area contributed by atoms with Gasteiger partial charge < -0.3 is 9.84 Å². The van der Waals surface area contributed by atoms with Gasteiger partial charge in [0, 0.05) is 6.42 Å². The molecule has 1 N–H and O–H groups in total. The highest BCUT2D eigenvalue weighted by atomic mass is 16.5. The molecular formula is C11H20O3. The van der Waals surface area contributed by atoms with Gasteiger partial charge in [-0.2, -0.15) is 0 Å². The van der Waals surface area contributed by atoms with Crippen LogP contribution in [0.1, 0.15) is 45.4 Å². The van der Waals surface area contributed by atoms with Crippen LogP contribution in [0.2, 0.25) is 0 Å². The van der Waals surface area contributed by atoms with Crippen molar-refractivity contribution in [2.24, 2.45) is 5.92 Å². The predicted molar refractivity (Wildman–Crippen MR) is 53.8 cm³/mol. The third-order valence-electron chi connectivity index (χ3n) is 2.82. The van der Waals surface area contributed by atoms with Gasteiger partial charge in [0.25, 0.3) is 0 Å². The number of carbonyl (C=O) groups is 1. The molecule has 0 aromatic rings. The maximum atomic E-state index is 11.1. The fourth-order valence-electron chi connectivity index (χ4n) is 2.08. The molecule has 1 aliphatic rings. The highest BCUT2D eigenvalue weighted by Gasteiger charge is 2.20. The van der Waals surface area contributed by atoms with Crippen LogP contribution < -0.4 is 0 Å². The maximum Gasteiger partial charge on any atom is 0.305 e. The average molecular weight is 200 g/mol. The lowest BCUT2D eigenvalue weighted by atomic mass is 9.84. The zero-order chi connectivity index (χ0) is 10.4. The van der Waals surface area contributed by atoms with Gasteiger partial charge >= 0.3 is 5.97 Å². The smallest absolute Gasteiger partial charge is 0.305 e. The Hall–Kier alpha value is -0.570. The van der Waals surface area contributed by atoms with Crippen LogP contribution in [-0.2, 0) is 9.53 Å². The SMILES string of the molecule is CCOC(=O)CCC1CCCC(O)C1. The summed E-state index contributed by atoms with van der Waals surface area (Å²) in [6.45, 7) is 2.29. The number of esters is 1. The largest absolute Gasteiger partial charge is 0.466 e. The van der Waals surface area contributed by atoms with E-state index in [2.05, 4.69) is 0 Å². The van der Waals surface area contributed by atoms with Crippen LogP contribution in [-0.4, -0.2) is 23.8 Å². The molecule has 14 heavy (non-hydrogen) atoms. The Morgan fingerprint density at radius 1 is 1.50 bits per heavy atom. The van der Waals surface area contributed by atoms with Crippen molar-refractivity contribution in [3.05, 3.63) is 0 Å². The number of ether oxygens (including phenoxy) is 1. The molecule has 0 saturated heterocycles. The van der Waals surface area contributed by atoms with Crippen molar-refractivity contribution in [1.82, 2.24) is 0 Å². The number of rotatable bonds is 4. The van der Waals surface area contributed by atoms with Crippen molar-refractivity contribution in [3.63, 3.8) is 0 Å². The van der Waals surface area contributed by atoms with Gasteiger partial charge in [-0.25, -0.2) is 0 Å². The van der Waals surface area contributed by atoms with Gasteiger partial charge in [0.15, 0.2) is 0 Å². The molecule has 1 aliphatic carbocycles. The molecule has 2 unspecified atom stereocenters. The maximum absolute atomic E-state index is 11.1. The summed E-state index contributed by atoms with van der Waals surface area (Å²) in [5.74, 6) is 0.413. The predicted octanol–water partition coefficient (Wildman–Crippen LogP) is 1.88. The molecule has 0 bridgehead atoms. The molecule has 2 atom stereocenters. The summed E-state index contributed by atoms with van der Waals surface area (Å²) in [6.07, 6.45) is 5.26. The average Bonchev–Trinajstić information content (AvgIpc) is 2.15. The van der Waals surface area contributed by atoms with Crippen molar-refractivity contribution < 1.29 is 14.6 Å². The van der Waals surface area contributed by atoms with Crippen molar-refractivity contribution in [3.8, 4) is 0 Å². The summed E-state index contributed by atoms with van der Waals surface area (Å²) in [6, 6.07) is 0. The standard InChI is InChI=1S/C11H20O3/c1-2-14-11(13)7-6-9-4-3-5-10(12)8-9/h9-10,12H,2-8H2,1H3. The topological polar surface area (TPSA) is 46.5 Å². The Morgan fingerprint density at radius 2 is 2.29 bits per heavy atom. The Balaban J connectivity index is 2.14. The summed E-state index contributed by atoms with van der Waals surface area (Å²) in [7, 11) is 0. The van der Waals surface area contributed by atoms with Crippen LogP contribution in [0.4, 0.5) is 0 Å². The second kappa shape index (κ2) is 6.02. The molecule has 0 heterocycles. The van der Waals surface area contributed by atoms with Crippen molar-refractivity contribution in [2.45, 2.75) is 51.6 Å². The van der Waals surface area contributed by atoms with Gasteiger partial charge in [-0.15, -0.1) is 0 Å². The van der Waals surface area contributed by atoms with Crippen LogP contribution in [0.15, 0.2) is 0 Å². The molecule has 0 spiro atoms. The molecule has 0 radical (unpaired) electrons. The van der Waals surface area contributed by atoms with Crippen molar-refractivity contribution in [1.29, 1.82) is 0 Å². The van der Waals surface area contributed by atoms with E-state index >= 15 is 0 Å². The lowest BCUT2D eigenvalue weighted by molar-refractivity contribution is -0.143. The van der Waals surface area contributed by atoms with E-state index in [4.69, 9.17) is 4.74 Å². The number of aliphatic hydroxyl groups excluding tert-OH is 1. The second-order valence-electron chi connectivity index (χ2n) is 4.03. The first-order valence-electron chi connectivity index (χ1n) is 5.56. The normalized spacial score (nSPS) is 27.3. The molecule has 1 fully saturated rings. The lowest BCUT2D eigenvalue weighted by Crippen LogP contribution is -2.20. The molecule has 1 saturated carbocycles. The minimum absolute atomic E-state index is 0.104. The Bertz CT molecular complexity index is 179. The number of hydrogen-bond donors (Lipinski definition) is 1. The van der Waals surface area contributed by atoms with E-state index in [9.17, 15) is 9.90 Å². The highest BCUT2D eigenvalue weighted by Crippen LogP contribution is 2.27. The number of hydrogen-bond acceptors (Lipinski definition) is 3. The third-order valence-corrected chi connectivity index (χ3v) is 2.82. The first-order chi connectivity index (χ1) is 6.72. The highest BCUT2D eigenvalue weighted by molar-refractivity contribution is 5.69. The molecule has 3 heteroatoms. The summed E-state index contributed by atoms with van der Waals surface area (Å²) in [5, 5.41) is 9.43. The molecule has 3 nitrogen and oxygen atoms in total. The van der Waals surface area contributed by atoms with E-state index in [-0.39, 0.29) is 12.1 Å². The third kappa shape index (κ3) is 4.09. The first-order valence-corrected chi connectivity index (χ1v) is 5.56. The zero-order valence-electron chi connectivity index (χ0n) is 8.87. The van der Waals surface area contributed by atoms with E-state index in [0.29, 0.717) is 18.9 Å².